The Bertz CT molecular complexity index is 653. The van der Waals surface area contributed by atoms with Crippen molar-refractivity contribution < 1.29 is 9.72 Å². The third kappa shape index (κ3) is 3.77. The van der Waals surface area contributed by atoms with Gasteiger partial charge in [-0.25, -0.2) is 0 Å². The molecule has 0 fully saturated rings. The number of likely N-dealkylation sites (N-methyl/N-ethyl adjacent to an activating group) is 1. The summed E-state index contributed by atoms with van der Waals surface area (Å²) in [7, 11) is 0. The Labute approximate surface area is 135 Å². The number of anilines is 1. The second-order valence-corrected chi connectivity index (χ2v) is 5.70. The van der Waals surface area contributed by atoms with Crippen LogP contribution in [0.1, 0.15) is 19.4 Å². The zero-order valence-corrected chi connectivity index (χ0v) is 13.4. The lowest BCUT2D eigenvalue weighted by molar-refractivity contribution is -0.384. The van der Waals surface area contributed by atoms with Crippen LogP contribution in [0, 0.1) is 27.4 Å². The van der Waals surface area contributed by atoms with Crippen LogP contribution in [-0.4, -0.2) is 41.9 Å². The van der Waals surface area contributed by atoms with E-state index in [4.69, 9.17) is 5.26 Å². The van der Waals surface area contributed by atoms with E-state index >= 15 is 0 Å². The molecular weight excluding hydrogens is 296 g/mol. The molecule has 2 rings (SSSR count). The maximum atomic E-state index is 12.5. The zero-order chi connectivity index (χ0) is 17.0. The Balaban J connectivity index is 2.11. The molecule has 1 aliphatic heterocycles. The second kappa shape index (κ2) is 7.09. The molecule has 0 saturated carbocycles. The van der Waals surface area contributed by atoms with E-state index in [1.54, 1.807) is 17.9 Å². The zero-order valence-electron chi connectivity index (χ0n) is 13.4. The minimum absolute atomic E-state index is 0.0357. The molecule has 1 heterocycles. The van der Waals surface area contributed by atoms with E-state index in [2.05, 4.69) is 6.07 Å². The topological polar surface area (TPSA) is 90.5 Å². The van der Waals surface area contributed by atoms with Crippen molar-refractivity contribution in [2.45, 2.75) is 20.3 Å². The fourth-order valence-electron chi connectivity index (χ4n) is 2.75. The van der Waals surface area contributed by atoms with E-state index in [9.17, 15) is 14.9 Å². The maximum absolute atomic E-state index is 12.5. The van der Waals surface area contributed by atoms with Crippen LogP contribution in [0.3, 0.4) is 0 Å². The summed E-state index contributed by atoms with van der Waals surface area (Å²) in [6.45, 7) is 5.46. The number of nitrogens with zero attached hydrogens (tertiary/aromatic N) is 4. The first-order chi connectivity index (χ1) is 11.0. The normalized spacial score (nSPS) is 14.0. The van der Waals surface area contributed by atoms with Gasteiger partial charge in [0.25, 0.3) is 5.69 Å². The molecule has 1 aromatic rings. The van der Waals surface area contributed by atoms with E-state index in [1.807, 2.05) is 11.8 Å². The summed E-state index contributed by atoms with van der Waals surface area (Å²) in [5, 5.41) is 19.8. The third-order valence-corrected chi connectivity index (χ3v) is 4.05. The number of nitro benzene ring substituents is 1. The molecule has 1 unspecified atom stereocenters. The Morgan fingerprint density at radius 2 is 2.30 bits per heavy atom. The Morgan fingerprint density at radius 1 is 1.57 bits per heavy atom. The quantitative estimate of drug-likeness (QED) is 0.591. The van der Waals surface area contributed by atoms with Crippen molar-refractivity contribution in [2.75, 3.05) is 31.1 Å². The van der Waals surface area contributed by atoms with Crippen LogP contribution in [0.25, 0.3) is 0 Å². The van der Waals surface area contributed by atoms with Crippen molar-refractivity contribution in [3.63, 3.8) is 0 Å². The van der Waals surface area contributed by atoms with Gasteiger partial charge in [-0.1, -0.05) is 6.07 Å². The van der Waals surface area contributed by atoms with Gasteiger partial charge in [0.05, 0.1) is 23.5 Å². The van der Waals surface area contributed by atoms with Gasteiger partial charge in [-0.3, -0.25) is 14.9 Å². The van der Waals surface area contributed by atoms with Crippen LogP contribution in [0.5, 0.6) is 0 Å². The highest BCUT2D eigenvalue weighted by Crippen LogP contribution is 2.31. The number of fused-ring (bicyclic) bond motifs is 1. The van der Waals surface area contributed by atoms with Gasteiger partial charge in [0.2, 0.25) is 5.91 Å². The first-order valence-electron chi connectivity index (χ1n) is 7.66. The van der Waals surface area contributed by atoms with Gasteiger partial charge < -0.3 is 9.80 Å². The molecule has 23 heavy (non-hydrogen) atoms. The van der Waals surface area contributed by atoms with Gasteiger partial charge in [-0.15, -0.1) is 0 Å². The van der Waals surface area contributed by atoms with Gasteiger partial charge in [0, 0.05) is 37.5 Å². The van der Waals surface area contributed by atoms with E-state index < -0.39 is 4.92 Å². The molecule has 1 atom stereocenters. The SMILES string of the molecule is CCN(CC(C)C#N)C(=O)CN1CCc2ccc([N+](=O)[O-])cc21. The molecule has 1 amide bonds. The average Bonchev–Trinajstić information content (AvgIpc) is 2.94. The van der Waals surface area contributed by atoms with E-state index in [-0.39, 0.29) is 24.1 Å². The highest BCUT2D eigenvalue weighted by molar-refractivity contribution is 5.82. The Morgan fingerprint density at radius 3 is 2.91 bits per heavy atom. The predicted octanol–water partition coefficient (Wildman–Crippen LogP) is 1.97. The summed E-state index contributed by atoms with van der Waals surface area (Å²) in [5.74, 6) is -0.278. The maximum Gasteiger partial charge on any atom is 0.271 e. The van der Waals surface area contributed by atoms with Crippen molar-refractivity contribution in [2.24, 2.45) is 5.92 Å². The van der Waals surface area contributed by atoms with Gasteiger partial charge in [-0.2, -0.15) is 5.26 Å². The number of hydrogen-bond donors (Lipinski definition) is 0. The standard InChI is InChI=1S/C16H20N4O3/c1-3-18(10-12(2)9-17)16(21)11-19-7-6-13-4-5-14(20(22)23)8-15(13)19/h4-5,8,12H,3,6-7,10-11H2,1-2H3. The van der Waals surface area contributed by atoms with Gasteiger partial charge >= 0.3 is 0 Å². The van der Waals surface area contributed by atoms with Crippen molar-refractivity contribution in [1.29, 1.82) is 5.26 Å². The largest absolute Gasteiger partial charge is 0.361 e. The van der Waals surface area contributed by atoms with E-state index in [1.165, 1.54) is 12.1 Å². The lowest BCUT2D eigenvalue weighted by atomic mass is 10.1. The van der Waals surface area contributed by atoms with Crippen molar-refractivity contribution in [1.82, 2.24) is 4.90 Å². The smallest absolute Gasteiger partial charge is 0.271 e. The summed E-state index contributed by atoms with van der Waals surface area (Å²) in [4.78, 5) is 26.5. The summed E-state index contributed by atoms with van der Waals surface area (Å²) >= 11 is 0. The molecule has 1 aliphatic rings. The van der Waals surface area contributed by atoms with Crippen LogP contribution in [0.4, 0.5) is 11.4 Å². The molecule has 0 bridgehead atoms. The molecule has 0 N–H and O–H groups in total. The summed E-state index contributed by atoms with van der Waals surface area (Å²) < 4.78 is 0. The molecular formula is C16H20N4O3. The Hall–Kier alpha value is -2.62. The number of hydrogen-bond acceptors (Lipinski definition) is 5. The highest BCUT2D eigenvalue weighted by Gasteiger charge is 2.25. The molecule has 7 heteroatoms. The van der Waals surface area contributed by atoms with Crippen LogP contribution < -0.4 is 4.90 Å². The minimum atomic E-state index is -0.425. The van der Waals surface area contributed by atoms with Crippen LogP contribution in [0.2, 0.25) is 0 Å². The van der Waals surface area contributed by atoms with Crippen LogP contribution in [-0.2, 0) is 11.2 Å². The number of rotatable bonds is 6. The molecule has 7 nitrogen and oxygen atoms in total. The number of nitriles is 1. The summed E-state index contributed by atoms with van der Waals surface area (Å²) in [6, 6.07) is 6.92. The summed E-state index contributed by atoms with van der Waals surface area (Å²) in [5.41, 5.74) is 1.82. The van der Waals surface area contributed by atoms with Gasteiger partial charge in [0.15, 0.2) is 0 Å². The van der Waals surface area contributed by atoms with Crippen LogP contribution >= 0.6 is 0 Å². The highest BCUT2D eigenvalue weighted by atomic mass is 16.6. The van der Waals surface area contributed by atoms with Crippen LogP contribution in [0.15, 0.2) is 18.2 Å². The third-order valence-electron chi connectivity index (χ3n) is 4.05. The Kier molecular flexibility index (Phi) is 5.16. The molecule has 0 aliphatic carbocycles. The molecule has 0 spiro atoms. The number of carbonyl (C=O) groups is 1. The number of benzene rings is 1. The van der Waals surface area contributed by atoms with Gasteiger partial charge in [0.1, 0.15) is 0 Å². The number of non-ortho nitro benzene ring substituents is 1. The minimum Gasteiger partial charge on any atom is -0.361 e. The molecule has 0 aromatic heterocycles. The number of amides is 1. The van der Waals surface area contributed by atoms with Gasteiger partial charge in [-0.05, 0) is 25.8 Å². The first-order valence-corrected chi connectivity index (χ1v) is 7.66. The number of carbonyl (C=O) groups excluding carboxylic acids is 1. The van der Waals surface area contributed by atoms with Crippen molar-refractivity contribution >= 4 is 17.3 Å². The van der Waals surface area contributed by atoms with E-state index in [0.29, 0.717) is 19.6 Å². The summed E-state index contributed by atoms with van der Waals surface area (Å²) in [6.07, 6.45) is 0.779. The fraction of sp³-hybridized carbons (Fsp3) is 0.500. The molecule has 0 saturated heterocycles. The lowest BCUT2D eigenvalue weighted by Gasteiger charge is -2.26. The second-order valence-electron chi connectivity index (χ2n) is 5.70. The molecule has 1 aromatic carbocycles. The van der Waals surface area contributed by atoms with Crippen molar-refractivity contribution in [3.05, 3.63) is 33.9 Å². The molecule has 0 radical (unpaired) electrons. The lowest BCUT2D eigenvalue weighted by Crippen LogP contribution is -2.41. The fourth-order valence-corrected chi connectivity index (χ4v) is 2.75. The van der Waals surface area contributed by atoms with Crippen molar-refractivity contribution in [3.8, 4) is 6.07 Å². The monoisotopic (exact) mass is 316 g/mol. The first kappa shape index (κ1) is 16.7. The molecule has 122 valence electrons. The van der Waals surface area contributed by atoms with E-state index in [0.717, 1.165) is 17.7 Å². The average molecular weight is 316 g/mol. The predicted molar refractivity (Wildman–Crippen MR) is 86.0 cm³/mol. The number of nitro groups is 1.